The molecule has 0 spiro atoms. The fourth-order valence-electron chi connectivity index (χ4n) is 1.82. The molecule has 120 valence electrons. The molecule has 0 saturated carbocycles. The molecule has 1 heterocycles. The van der Waals surface area contributed by atoms with E-state index in [4.69, 9.17) is 11.6 Å². The van der Waals surface area contributed by atoms with Crippen molar-refractivity contribution in [2.45, 2.75) is 13.8 Å². The first-order valence-electron chi connectivity index (χ1n) is 7.26. The average molecular weight is 332 g/mol. The molecule has 0 fully saturated rings. The van der Waals surface area contributed by atoms with Gasteiger partial charge in [-0.1, -0.05) is 25.4 Å². The lowest BCUT2D eigenvalue weighted by atomic mass is 10.1. The van der Waals surface area contributed by atoms with Crippen molar-refractivity contribution in [2.75, 3.05) is 11.9 Å². The number of anilines is 1. The molecular formula is C17H18ClN3O2. The molecule has 2 N–H and O–H groups in total. The van der Waals surface area contributed by atoms with E-state index in [9.17, 15) is 9.59 Å². The highest BCUT2D eigenvalue weighted by Crippen LogP contribution is 2.14. The van der Waals surface area contributed by atoms with Crippen LogP contribution in [0.1, 0.15) is 34.6 Å². The summed E-state index contributed by atoms with van der Waals surface area (Å²) in [5.41, 5.74) is 1.29. The second-order valence-corrected chi connectivity index (χ2v) is 5.96. The van der Waals surface area contributed by atoms with Crippen molar-refractivity contribution in [3.05, 3.63) is 58.9 Å². The summed E-state index contributed by atoms with van der Waals surface area (Å²) < 4.78 is 0. The van der Waals surface area contributed by atoms with Crippen molar-refractivity contribution in [3.63, 3.8) is 0 Å². The van der Waals surface area contributed by atoms with Crippen molar-refractivity contribution < 1.29 is 9.59 Å². The van der Waals surface area contributed by atoms with Gasteiger partial charge < -0.3 is 10.6 Å². The van der Waals surface area contributed by atoms with Crippen LogP contribution in [0.15, 0.2) is 42.7 Å². The Morgan fingerprint density at radius 3 is 2.30 bits per heavy atom. The topological polar surface area (TPSA) is 71.1 Å². The van der Waals surface area contributed by atoms with Gasteiger partial charge in [0.05, 0.1) is 11.1 Å². The number of benzene rings is 1. The molecule has 0 aliphatic heterocycles. The molecule has 0 atom stereocenters. The number of hydrogen-bond acceptors (Lipinski definition) is 3. The second kappa shape index (κ2) is 7.74. The molecule has 23 heavy (non-hydrogen) atoms. The van der Waals surface area contributed by atoms with Gasteiger partial charge in [0.2, 0.25) is 0 Å². The number of carbonyl (C=O) groups excluding carboxylic acids is 2. The van der Waals surface area contributed by atoms with E-state index >= 15 is 0 Å². The number of nitrogens with zero attached hydrogens (tertiary/aromatic N) is 1. The van der Waals surface area contributed by atoms with Gasteiger partial charge >= 0.3 is 0 Å². The molecule has 0 aliphatic carbocycles. The number of nitrogens with one attached hydrogen (secondary N) is 2. The van der Waals surface area contributed by atoms with Crippen molar-refractivity contribution in [3.8, 4) is 0 Å². The average Bonchev–Trinajstić information content (AvgIpc) is 2.54. The van der Waals surface area contributed by atoms with Crippen LogP contribution in [0.3, 0.4) is 0 Å². The fraction of sp³-hybridized carbons (Fsp3) is 0.235. The highest BCUT2D eigenvalue weighted by atomic mass is 35.5. The Bertz CT molecular complexity index is 699. The third-order valence-electron chi connectivity index (χ3n) is 3.04. The van der Waals surface area contributed by atoms with E-state index in [0.717, 1.165) is 0 Å². The first-order chi connectivity index (χ1) is 11.0. The fourth-order valence-corrected chi connectivity index (χ4v) is 1.95. The third kappa shape index (κ3) is 5.07. The molecule has 0 saturated heterocycles. The first kappa shape index (κ1) is 17.0. The van der Waals surface area contributed by atoms with Crippen LogP contribution in [-0.4, -0.2) is 23.3 Å². The van der Waals surface area contributed by atoms with Gasteiger partial charge in [0.1, 0.15) is 0 Å². The minimum absolute atomic E-state index is 0.243. The van der Waals surface area contributed by atoms with Gasteiger partial charge in [-0.3, -0.25) is 14.6 Å². The van der Waals surface area contributed by atoms with Gasteiger partial charge in [-0.05, 0) is 36.2 Å². The Hall–Kier alpha value is -2.40. The van der Waals surface area contributed by atoms with Gasteiger partial charge in [-0.25, -0.2) is 0 Å². The van der Waals surface area contributed by atoms with E-state index in [0.29, 0.717) is 34.3 Å². The molecule has 1 aromatic heterocycles. The van der Waals surface area contributed by atoms with Crippen LogP contribution in [0, 0.1) is 5.92 Å². The largest absolute Gasteiger partial charge is 0.352 e. The number of amides is 2. The summed E-state index contributed by atoms with van der Waals surface area (Å²) in [5.74, 6) is -0.228. The lowest BCUT2D eigenvalue weighted by Crippen LogP contribution is -2.27. The van der Waals surface area contributed by atoms with E-state index in [-0.39, 0.29) is 11.8 Å². The van der Waals surface area contributed by atoms with E-state index in [1.807, 2.05) is 13.8 Å². The lowest BCUT2D eigenvalue weighted by molar-refractivity contribution is 0.0948. The Kier molecular flexibility index (Phi) is 5.71. The van der Waals surface area contributed by atoms with Gasteiger partial charge in [-0.15, -0.1) is 0 Å². The molecule has 2 amide bonds. The summed E-state index contributed by atoms with van der Waals surface area (Å²) in [4.78, 5) is 28.2. The minimum atomic E-state index is -0.335. The predicted molar refractivity (Wildman–Crippen MR) is 90.8 cm³/mol. The zero-order valence-electron chi connectivity index (χ0n) is 13.0. The Morgan fingerprint density at radius 1 is 1.09 bits per heavy atom. The Labute approximate surface area is 140 Å². The van der Waals surface area contributed by atoms with Crippen LogP contribution < -0.4 is 10.6 Å². The molecular weight excluding hydrogens is 314 g/mol. The predicted octanol–water partition coefficient (Wildman–Crippen LogP) is 3.37. The maximum absolute atomic E-state index is 12.2. The number of rotatable bonds is 5. The molecule has 2 aromatic rings. The molecule has 1 aromatic carbocycles. The summed E-state index contributed by atoms with van der Waals surface area (Å²) in [5, 5.41) is 6.12. The van der Waals surface area contributed by atoms with Crippen molar-refractivity contribution in [1.29, 1.82) is 0 Å². The van der Waals surface area contributed by atoms with Crippen LogP contribution in [0.5, 0.6) is 0 Å². The standard InChI is InChI=1S/C17H18ClN3O2/c1-11(2)8-20-16(22)12-7-13(10-19-9-12)17(23)21-15-5-3-14(18)4-6-15/h3-7,9-11H,8H2,1-2H3,(H,20,22)(H,21,23). The van der Waals surface area contributed by atoms with Gasteiger partial charge in [-0.2, -0.15) is 0 Å². The minimum Gasteiger partial charge on any atom is -0.352 e. The van der Waals surface area contributed by atoms with Crippen molar-refractivity contribution in [2.24, 2.45) is 5.92 Å². The maximum Gasteiger partial charge on any atom is 0.257 e. The highest BCUT2D eigenvalue weighted by Gasteiger charge is 2.12. The molecule has 0 unspecified atom stereocenters. The summed E-state index contributed by atoms with van der Waals surface area (Å²) >= 11 is 5.81. The summed E-state index contributed by atoms with van der Waals surface area (Å²) in [6, 6.07) is 8.30. The number of carbonyl (C=O) groups is 2. The van der Waals surface area contributed by atoms with Crippen LogP contribution in [0.2, 0.25) is 5.02 Å². The van der Waals surface area contributed by atoms with Crippen molar-refractivity contribution >= 4 is 29.1 Å². The highest BCUT2D eigenvalue weighted by molar-refractivity contribution is 6.30. The Morgan fingerprint density at radius 2 is 1.70 bits per heavy atom. The lowest BCUT2D eigenvalue weighted by Gasteiger charge is -2.09. The molecule has 0 radical (unpaired) electrons. The monoisotopic (exact) mass is 331 g/mol. The molecule has 6 heteroatoms. The third-order valence-corrected chi connectivity index (χ3v) is 3.29. The molecule has 2 rings (SSSR count). The van der Waals surface area contributed by atoms with Crippen LogP contribution in [-0.2, 0) is 0 Å². The number of aromatic nitrogens is 1. The van der Waals surface area contributed by atoms with E-state index in [1.165, 1.54) is 18.5 Å². The SMILES string of the molecule is CC(C)CNC(=O)c1cncc(C(=O)Nc2ccc(Cl)cc2)c1. The second-order valence-electron chi connectivity index (χ2n) is 5.53. The number of halogens is 1. The molecule has 5 nitrogen and oxygen atoms in total. The summed E-state index contributed by atoms with van der Waals surface area (Å²) in [6.07, 6.45) is 2.86. The normalized spacial score (nSPS) is 10.4. The zero-order chi connectivity index (χ0) is 16.8. The molecule has 0 bridgehead atoms. The van der Waals surface area contributed by atoms with Crippen LogP contribution in [0.4, 0.5) is 5.69 Å². The summed E-state index contributed by atoms with van der Waals surface area (Å²) in [7, 11) is 0. The van der Waals surface area contributed by atoms with E-state index in [2.05, 4.69) is 15.6 Å². The zero-order valence-corrected chi connectivity index (χ0v) is 13.7. The van der Waals surface area contributed by atoms with Crippen LogP contribution in [0.25, 0.3) is 0 Å². The van der Waals surface area contributed by atoms with E-state index in [1.54, 1.807) is 24.3 Å². The first-order valence-corrected chi connectivity index (χ1v) is 7.63. The maximum atomic E-state index is 12.2. The van der Waals surface area contributed by atoms with Gasteiger partial charge in [0.25, 0.3) is 11.8 Å². The van der Waals surface area contributed by atoms with Crippen LogP contribution >= 0.6 is 11.6 Å². The summed E-state index contributed by atoms with van der Waals surface area (Å²) in [6.45, 7) is 4.59. The van der Waals surface area contributed by atoms with E-state index < -0.39 is 0 Å². The smallest absolute Gasteiger partial charge is 0.257 e. The molecule has 0 aliphatic rings. The van der Waals surface area contributed by atoms with Crippen molar-refractivity contribution in [1.82, 2.24) is 10.3 Å². The number of hydrogen-bond donors (Lipinski definition) is 2. The Balaban J connectivity index is 2.07. The van der Waals surface area contributed by atoms with Gasteiger partial charge in [0.15, 0.2) is 0 Å². The quantitative estimate of drug-likeness (QED) is 0.882. The number of pyridine rings is 1. The van der Waals surface area contributed by atoms with Gasteiger partial charge in [0, 0.05) is 29.6 Å².